The van der Waals surface area contributed by atoms with Gasteiger partial charge in [-0.2, -0.15) is 5.10 Å². The van der Waals surface area contributed by atoms with Gasteiger partial charge < -0.3 is 11.1 Å². The van der Waals surface area contributed by atoms with Crippen LogP contribution in [-0.2, 0) is 4.79 Å². The monoisotopic (exact) mass is 258 g/mol. The molecule has 0 bridgehead atoms. The summed E-state index contributed by atoms with van der Waals surface area (Å²) in [6, 6.07) is 5.66. The van der Waals surface area contributed by atoms with Crippen LogP contribution in [0, 0.1) is 5.41 Å². The summed E-state index contributed by atoms with van der Waals surface area (Å²) in [5.74, 6) is 0.0105. The van der Waals surface area contributed by atoms with Gasteiger partial charge in [0, 0.05) is 17.1 Å². The van der Waals surface area contributed by atoms with E-state index >= 15 is 0 Å². The van der Waals surface area contributed by atoms with Crippen molar-refractivity contribution in [3.63, 3.8) is 0 Å². The predicted molar refractivity (Wildman–Crippen MR) is 74.7 cm³/mol. The standard InChI is InChI=1S/C14H18N4O/c1-14(6-2-3-12(14)15)13(19)17-10-5-4-9-8-16-18-11(9)7-10/h4-5,7-8,12H,2-3,6,15H2,1H3,(H,16,18)(H,17,19). The average molecular weight is 258 g/mol. The number of aromatic amines is 1. The van der Waals surface area contributed by atoms with Crippen molar-refractivity contribution >= 4 is 22.5 Å². The summed E-state index contributed by atoms with van der Waals surface area (Å²) in [5.41, 5.74) is 7.30. The fraction of sp³-hybridized carbons (Fsp3) is 0.429. The summed E-state index contributed by atoms with van der Waals surface area (Å²) in [6.07, 6.45) is 4.55. The summed E-state index contributed by atoms with van der Waals surface area (Å²) in [6.45, 7) is 1.95. The fourth-order valence-corrected chi connectivity index (χ4v) is 2.76. The molecule has 100 valence electrons. The minimum absolute atomic E-state index is 0.0105. The van der Waals surface area contributed by atoms with Crippen LogP contribution in [0.5, 0.6) is 0 Å². The molecule has 0 saturated heterocycles. The number of carbonyl (C=O) groups excluding carboxylic acids is 1. The number of fused-ring (bicyclic) bond motifs is 1. The van der Waals surface area contributed by atoms with Gasteiger partial charge in [-0.05, 0) is 38.0 Å². The number of amides is 1. The van der Waals surface area contributed by atoms with Gasteiger partial charge >= 0.3 is 0 Å². The molecule has 5 heteroatoms. The largest absolute Gasteiger partial charge is 0.327 e. The highest BCUT2D eigenvalue weighted by atomic mass is 16.2. The second-order valence-electron chi connectivity index (χ2n) is 5.54. The Morgan fingerprint density at radius 3 is 3.16 bits per heavy atom. The van der Waals surface area contributed by atoms with Crippen LogP contribution in [0.4, 0.5) is 5.69 Å². The Hall–Kier alpha value is -1.88. The van der Waals surface area contributed by atoms with Gasteiger partial charge in [-0.25, -0.2) is 0 Å². The molecule has 2 aromatic rings. The molecule has 0 spiro atoms. The van der Waals surface area contributed by atoms with E-state index in [9.17, 15) is 4.79 Å². The Morgan fingerprint density at radius 2 is 2.42 bits per heavy atom. The molecule has 1 amide bonds. The van der Waals surface area contributed by atoms with Crippen LogP contribution in [0.2, 0.25) is 0 Å². The number of benzene rings is 1. The topological polar surface area (TPSA) is 83.8 Å². The molecule has 4 N–H and O–H groups in total. The van der Waals surface area contributed by atoms with Crippen molar-refractivity contribution in [3.05, 3.63) is 24.4 Å². The highest BCUT2D eigenvalue weighted by Crippen LogP contribution is 2.37. The molecule has 1 heterocycles. The first-order valence-electron chi connectivity index (χ1n) is 6.60. The molecule has 2 unspecified atom stereocenters. The Kier molecular flexibility index (Phi) is 2.78. The molecule has 2 atom stereocenters. The van der Waals surface area contributed by atoms with E-state index in [0.29, 0.717) is 0 Å². The smallest absolute Gasteiger partial charge is 0.231 e. The molecule has 1 aromatic carbocycles. The lowest BCUT2D eigenvalue weighted by molar-refractivity contribution is -0.125. The highest BCUT2D eigenvalue weighted by Gasteiger charge is 2.42. The number of hydrogen-bond acceptors (Lipinski definition) is 3. The molecular formula is C14H18N4O. The number of nitrogens with one attached hydrogen (secondary N) is 2. The number of carbonyl (C=O) groups is 1. The van der Waals surface area contributed by atoms with Gasteiger partial charge in [-0.3, -0.25) is 9.89 Å². The molecule has 19 heavy (non-hydrogen) atoms. The van der Waals surface area contributed by atoms with Crippen LogP contribution >= 0.6 is 0 Å². The lowest BCUT2D eigenvalue weighted by Crippen LogP contribution is -2.44. The number of hydrogen-bond donors (Lipinski definition) is 3. The van der Waals surface area contributed by atoms with E-state index in [2.05, 4.69) is 15.5 Å². The number of anilines is 1. The Balaban J connectivity index is 1.82. The molecule has 0 aliphatic heterocycles. The molecule has 1 aliphatic rings. The zero-order valence-corrected chi connectivity index (χ0v) is 10.9. The lowest BCUT2D eigenvalue weighted by atomic mass is 9.84. The van der Waals surface area contributed by atoms with Crippen LogP contribution in [-0.4, -0.2) is 22.1 Å². The van der Waals surface area contributed by atoms with E-state index in [1.807, 2.05) is 25.1 Å². The third kappa shape index (κ3) is 2.00. The fourth-order valence-electron chi connectivity index (χ4n) is 2.76. The summed E-state index contributed by atoms with van der Waals surface area (Å²) in [5, 5.41) is 10.9. The van der Waals surface area contributed by atoms with Gasteiger partial charge in [-0.1, -0.05) is 6.42 Å². The van der Waals surface area contributed by atoms with E-state index in [4.69, 9.17) is 5.73 Å². The van der Waals surface area contributed by atoms with Crippen molar-refractivity contribution in [2.75, 3.05) is 5.32 Å². The van der Waals surface area contributed by atoms with Crippen LogP contribution < -0.4 is 11.1 Å². The van der Waals surface area contributed by atoms with Gasteiger partial charge in [0.1, 0.15) is 0 Å². The van der Waals surface area contributed by atoms with Crippen LogP contribution in [0.25, 0.3) is 10.9 Å². The molecule has 1 fully saturated rings. The summed E-state index contributed by atoms with van der Waals surface area (Å²) in [7, 11) is 0. The van der Waals surface area contributed by atoms with Gasteiger partial charge in [0.05, 0.1) is 17.1 Å². The maximum atomic E-state index is 12.4. The number of aromatic nitrogens is 2. The number of nitrogens with zero attached hydrogens (tertiary/aromatic N) is 1. The van der Waals surface area contributed by atoms with E-state index in [0.717, 1.165) is 35.9 Å². The number of rotatable bonds is 2. The Bertz CT molecular complexity index is 621. The number of nitrogens with two attached hydrogens (primary N) is 1. The molecule has 1 saturated carbocycles. The van der Waals surface area contributed by atoms with E-state index in [-0.39, 0.29) is 11.9 Å². The Morgan fingerprint density at radius 1 is 1.58 bits per heavy atom. The van der Waals surface area contributed by atoms with Crippen LogP contribution in [0.3, 0.4) is 0 Å². The third-order valence-corrected chi connectivity index (χ3v) is 4.25. The van der Waals surface area contributed by atoms with Crippen molar-refractivity contribution in [3.8, 4) is 0 Å². The maximum Gasteiger partial charge on any atom is 0.231 e. The van der Waals surface area contributed by atoms with Crippen molar-refractivity contribution in [1.29, 1.82) is 0 Å². The zero-order valence-electron chi connectivity index (χ0n) is 10.9. The average Bonchev–Trinajstić information content (AvgIpc) is 2.97. The molecular weight excluding hydrogens is 240 g/mol. The van der Waals surface area contributed by atoms with Crippen LogP contribution in [0.1, 0.15) is 26.2 Å². The summed E-state index contributed by atoms with van der Waals surface area (Å²) < 4.78 is 0. The van der Waals surface area contributed by atoms with E-state index in [1.54, 1.807) is 6.20 Å². The van der Waals surface area contributed by atoms with Gasteiger partial charge in [-0.15, -0.1) is 0 Å². The second kappa shape index (κ2) is 4.35. The first-order chi connectivity index (χ1) is 9.09. The SMILES string of the molecule is CC1(C(=O)Nc2ccc3cn[nH]c3c2)CCCC1N. The second-order valence-corrected chi connectivity index (χ2v) is 5.54. The lowest BCUT2D eigenvalue weighted by Gasteiger charge is -2.27. The van der Waals surface area contributed by atoms with Gasteiger partial charge in [0.25, 0.3) is 0 Å². The molecule has 3 rings (SSSR count). The van der Waals surface area contributed by atoms with Crippen molar-refractivity contribution in [1.82, 2.24) is 10.2 Å². The number of H-pyrrole nitrogens is 1. The van der Waals surface area contributed by atoms with Crippen molar-refractivity contribution in [2.24, 2.45) is 11.1 Å². The molecule has 1 aromatic heterocycles. The van der Waals surface area contributed by atoms with Crippen LogP contribution in [0.15, 0.2) is 24.4 Å². The van der Waals surface area contributed by atoms with Crippen molar-refractivity contribution < 1.29 is 4.79 Å². The third-order valence-electron chi connectivity index (χ3n) is 4.25. The van der Waals surface area contributed by atoms with Gasteiger partial charge in [0.15, 0.2) is 0 Å². The van der Waals surface area contributed by atoms with Crippen molar-refractivity contribution in [2.45, 2.75) is 32.2 Å². The first kappa shape index (κ1) is 12.2. The summed E-state index contributed by atoms with van der Waals surface area (Å²) in [4.78, 5) is 12.4. The Labute approximate surface area is 111 Å². The minimum atomic E-state index is -0.455. The maximum absolute atomic E-state index is 12.4. The van der Waals surface area contributed by atoms with E-state index < -0.39 is 5.41 Å². The molecule has 5 nitrogen and oxygen atoms in total. The normalized spacial score (nSPS) is 26.7. The highest BCUT2D eigenvalue weighted by molar-refractivity contribution is 5.97. The minimum Gasteiger partial charge on any atom is -0.327 e. The zero-order chi connectivity index (χ0) is 13.5. The summed E-state index contributed by atoms with van der Waals surface area (Å²) >= 11 is 0. The first-order valence-corrected chi connectivity index (χ1v) is 6.60. The van der Waals surface area contributed by atoms with Gasteiger partial charge in [0.2, 0.25) is 5.91 Å². The quantitative estimate of drug-likeness (QED) is 0.770. The molecule has 1 aliphatic carbocycles. The predicted octanol–water partition coefficient (Wildman–Crippen LogP) is 2.02. The van der Waals surface area contributed by atoms with E-state index in [1.165, 1.54) is 0 Å². The molecule has 0 radical (unpaired) electrons.